The van der Waals surface area contributed by atoms with Crippen LogP contribution in [0.25, 0.3) is 0 Å². The molecule has 7 nitrogen and oxygen atoms in total. The first-order valence-corrected chi connectivity index (χ1v) is 11.5. The molecular formula is C25H32ClN3O4. The molecule has 4 aliphatic rings. The van der Waals surface area contributed by atoms with Gasteiger partial charge in [0.25, 0.3) is 0 Å². The number of nitrogens with one attached hydrogen (secondary N) is 3. The highest BCUT2D eigenvalue weighted by atomic mass is 35.5. The van der Waals surface area contributed by atoms with Gasteiger partial charge in [0.1, 0.15) is 11.9 Å². The van der Waals surface area contributed by atoms with Gasteiger partial charge in [0.05, 0.1) is 13.1 Å². The summed E-state index contributed by atoms with van der Waals surface area (Å²) in [5.74, 6) is 0.969. The van der Waals surface area contributed by atoms with E-state index < -0.39 is 0 Å². The van der Waals surface area contributed by atoms with Crippen molar-refractivity contribution in [2.24, 2.45) is 5.92 Å². The van der Waals surface area contributed by atoms with Crippen LogP contribution >= 0.6 is 12.4 Å². The smallest absolute Gasteiger partial charge is 0.220 e. The van der Waals surface area contributed by atoms with Gasteiger partial charge in [-0.15, -0.1) is 12.4 Å². The van der Waals surface area contributed by atoms with Crippen LogP contribution in [0.3, 0.4) is 0 Å². The molecule has 1 amide bonds. The normalized spacial score (nSPS) is 29.9. The predicted molar refractivity (Wildman–Crippen MR) is 129 cm³/mol. The summed E-state index contributed by atoms with van der Waals surface area (Å²) < 4.78 is 6.07. The third-order valence-corrected chi connectivity index (χ3v) is 6.22. The van der Waals surface area contributed by atoms with Gasteiger partial charge in [-0.1, -0.05) is 24.3 Å². The van der Waals surface area contributed by atoms with Crippen molar-refractivity contribution >= 4 is 29.9 Å². The fourth-order valence-corrected chi connectivity index (χ4v) is 4.50. The number of hydrogen-bond donors (Lipinski definition) is 3. The number of amides is 1. The Kier molecular flexibility index (Phi) is 9.23. The van der Waals surface area contributed by atoms with Crippen molar-refractivity contribution in [1.29, 1.82) is 0 Å². The first-order valence-electron chi connectivity index (χ1n) is 11.5. The number of hydrogen-bond acceptors (Lipinski definition) is 6. The zero-order valence-corrected chi connectivity index (χ0v) is 19.5. The fourth-order valence-electron chi connectivity index (χ4n) is 4.50. The van der Waals surface area contributed by atoms with Crippen molar-refractivity contribution in [3.05, 3.63) is 59.4 Å². The van der Waals surface area contributed by atoms with Crippen molar-refractivity contribution < 1.29 is 19.1 Å². The molecule has 3 unspecified atom stereocenters. The van der Waals surface area contributed by atoms with E-state index in [0.29, 0.717) is 44.8 Å². The molecule has 0 spiro atoms. The van der Waals surface area contributed by atoms with Gasteiger partial charge in [0.15, 0.2) is 11.6 Å². The molecule has 8 heteroatoms. The van der Waals surface area contributed by atoms with Gasteiger partial charge in [0.2, 0.25) is 5.91 Å². The number of halogens is 1. The van der Waals surface area contributed by atoms with E-state index in [1.54, 1.807) is 6.08 Å². The Labute approximate surface area is 200 Å². The summed E-state index contributed by atoms with van der Waals surface area (Å²) in [6.07, 6.45) is 16.5. The van der Waals surface area contributed by atoms with Crippen LogP contribution < -0.4 is 16.0 Å². The third kappa shape index (κ3) is 7.00. The fraction of sp³-hybridized carbons (Fsp3) is 0.480. The third-order valence-electron chi connectivity index (χ3n) is 6.22. The Morgan fingerprint density at radius 1 is 1.00 bits per heavy atom. The molecule has 0 saturated heterocycles. The number of carbonyl (C=O) groups excluding carboxylic acids is 3. The molecule has 0 radical (unpaired) electrons. The molecule has 2 bridgehead atoms. The highest BCUT2D eigenvalue weighted by Gasteiger charge is 2.31. The second kappa shape index (κ2) is 12.1. The number of fused-ring (bicyclic) bond motifs is 4. The van der Waals surface area contributed by atoms with Crippen molar-refractivity contribution in [2.75, 3.05) is 26.2 Å². The zero-order chi connectivity index (χ0) is 22.3. The lowest BCUT2D eigenvalue weighted by Crippen LogP contribution is -2.37. The minimum atomic E-state index is -0.131. The average molecular weight is 474 g/mol. The molecule has 2 aliphatic heterocycles. The first kappa shape index (κ1) is 25.1. The molecule has 3 atom stereocenters. The van der Waals surface area contributed by atoms with Gasteiger partial charge in [-0.25, -0.2) is 0 Å². The number of carbonyl (C=O) groups is 3. The number of rotatable bonds is 0. The maximum atomic E-state index is 12.5. The average Bonchev–Trinajstić information content (AvgIpc) is 3.37. The van der Waals surface area contributed by atoms with Crippen molar-refractivity contribution in [3.63, 3.8) is 0 Å². The van der Waals surface area contributed by atoms with Gasteiger partial charge in [0, 0.05) is 37.2 Å². The molecule has 0 aromatic rings. The highest BCUT2D eigenvalue weighted by Crippen LogP contribution is 2.37. The monoisotopic (exact) mass is 473 g/mol. The van der Waals surface area contributed by atoms with Crippen molar-refractivity contribution in [1.82, 2.24) is 16.0 Å². The molecule has 0 aromatic heterocycles. The number of Topliss-reactive ketones (excluding diaryl/α,β-unsaturated/α-hetero) is 1. The van der Waals surface area contributed by atoms with Gasteiger partial charge < -0.3 is 20.7 Å². The maximum Gasteiger partial charge on any atom is 0.220 e. The Morgan fingerprint density at radius 3 is 2.76 bits per heavy atom. The molecule has 3 N–H and O–H groups in total. The van der Waals surface area contributed by atoms with E-state index in [-0.39, 0.29) is 47.9 Å². The van der Waals surface area contributed by atoms with Crippen molar-refractivity contribution in [3.8, 4) is 0 Å². The Morgan fingerprint density at radius 2 is 1.88 bits per heavy atom. The predicted octanol–water partition coefficient (Wildman–Crippen LogP) is 2.07. The largest absolute Gasteiger partial charge is 0.485 e. The maximum absolute atomic E-state index is 12.5. The van der Waals surface area contributed by atoms with Crippen LogP contribution in [0.1, 0.15) is 32.1 Å². The SMILES string of the molecule is Cl.O=C1C=CC2=C3CCC(=O)NCC4C=CC(C4)NCC(=O)CNC/C=C/CCC3OC2=C1. The van der Waals surface area contributed by atoms with Crippen molar-refractivity contribution in [2.45, 2.75) is 44.2 Å². The van der Waals surface area contributed by atoms with E-state index in [4.69, 9.17) is 4.74 Å². The van der Waals surface area contributed by atoms with E-state index in [1.165, 1.54) is 6.08 Å². The van der Waals surface area contributed by atoms with Crippen LogP contribution in [-0.4, -0.2) is 55.8 Å². The lowest BCUT2D eigenvalue weighted by atomic mass is 9.94. The topological polar surface area (TPSA) is 96.5 Å². The summed E-state index contributed by atoms with van der Waals surface area (Å²) in [5, 5.41) is 9.49. The summed E-state index contributed by atoms with van der Waals surface area (Å²) in [6.45, 7) is 1.91. The number of ketones is 2. The minimum Gasteiger partial charge on any atom is -0.485 e. The number of allylic oxidation sites excluding steroid dienone is 4. The van der Waals surface area contributed by atoms with Crippen LogP contribution in [0.4, 0.5) is 0 Å². The molecule has 0 saturated carbocycles. The molecule has 2 aliphatic carbocycles. The number of ether oxygens (including phenoxy) is 1. The quantitative estimate of drug-likeness (QED) is 0.466. The molecule has 2 heterocycles. The van der Waals surface area contributed by atoms with Gasteiger partial charge in [-0.3, -0.25) is 14.4 Å². The van der Waals surface area contributed by atoms with Crippen LogP contribution in [0.5, 0.6) is 0 Å². The molecule has 0 aromatic carbocycles. The van der Waals surface area contributed by atoms with Crippen LogP contribution in [0.2, 0.25) is 0 Å². The van der Waals surface area contributed by atoms with E-state index >= 15 is 0 Å². The van der Waals surface area contributed by atoms with E-state index in [9.17, 15) is 14.4 Å². The minimum absolute atomic E-state index is 0. The van der Waals surface area contributed by atoms with Crippen LogP contribution in [0.15, 0.2) is 59.4 Å². The van der Waals surface area contributed by atoms with Gasteiger partial charge in [-0.2, -0.15) is 0 Å². The molecule has 33 heavy (non-hydrogen) atoms. The summed E-state index contributed by atoms with van der Waals surface area (Å²) in [6, 6.07) is 0.167. The van der Waals surface area contributed by atoms with Gasteiger partial charge >= 0.3 is 0 Å². The molecule has 178 valence electrons. The Bertz CT molecular complexity index is 919. The second-order valence-electron chi connectivity index (χ2n) is 8.68. The van der Waals surface area contributed by atoms with Gasteiger partial charge in [-0.05, 0) is 49.3 Å². The zero-order valence-electron chi connectivity index (χ0n) is 18.7. The molecule has 4 rings (SSSR count). The first-order chi connectivity index (χ1) is 15.6. The Hall–Kier alpha value is -2.48. The van der Waals surface area contributed by atoms with Crippen LogP contribution in [0, 0.1) is 5.92 Å². The van der Waals surface area contributed by atoms with E-state index in [0.717, 1.165) is 30.4 Å². The Balaban J connectivity index is 0.00000306. The lowest BCUT2D eigenvalue weighted by Gasteiger charge is -2.16. The standard InChI is InChI=1S/C25H31N3O4.ClH/c29-19-7-8-22-21-9-10-25(31)28-14-17-5-6-18(12-17)27-16-20(30)15-26-11-3-1-2-4-23(21)32-24(22)13-19;/h1,3,5-8,13,17-18,23,26-27H,2,4,9-12,14-16H2,(H,28,31);1H/b3-1+;. The summed E-state index contributed by atoms with van der Waals surface area (Å²) in [5.41, 5.74) is 2.04. The highest BCUT2D eigenvalue weighted by molar-refractivity contribution is 6.02. The molecular weight excluding hydrogens is 442 g/mol. The summed E-state index contributed by atoms with van der Waals surface area (Å²) in [7, 11) is 0. The second-order valence-corrected chi connectivity index (χ2v) is 8.68. The van der Waals surface area contributed by atoms with E-state index in [2.05, 4.69) is 34.2 Å². The van der Waals surface area contributed by atoms with Crippen LogP contribution in [-0.2, 0) is 19.1 Å². The lowest BCUT2D eigenvalue weighted by molar-refractivity contribution is -0.121. The summed E-state index contributed by atoms with van der Waals surface area (Å²) >= 11 is 0. The van der Waals surface area contributed by atoms with E-state index in [1.807, 2.05) is 12.2 Å². The summed E-state index contributed by atoms with van der Waals surface area (Å²) in [4.78, 5) is 36.3. The molecule has 0 fully saturated rings.